The normalized spacial score (nSPS) is 13.0. The SMILES string of the molecule is CCOC(=O)[C@@](C)(Cc1ccc(OC)c(OC)c1)NC(C)=O. The molecule has 1 aromatic rings. The van der Waals surface area contributed by atoms with E-state index >= 15 is 0 Å². The number of benzene rings is 1. The van der Waals surface area contributed by atoms with Crippen molar-refractivity contribution in [2.24, 2.45) is 0 Å². The average Bonchev–Trinajstić information content (AvgIpc) is 2.46. The average molecular weight is 309 g/mol. The van der Waals surface area contributed by atoms with Crippen LogP contribution in [-0.2, 0) is 20.7 Å². The molecule has 1 N–H and O–H groups in total. The summed E-state index contributed by atoms with van der Waals surface area (Å²) in [5, 5.41) is 2.67. The highest BCUT2D eigenvalue weighted by Crippen LogP contribution is 2.29. The fraction of sp³-hybridized carbons (Fsp3) is 0.500. The van der Waals surface area contributed by atoms with Crippen LogP contribution in [0.4, 0.5) is 0 Å². The lowest BCUT2D eigenvalue weighted by Crippen LogP contribution is -2.54. The highest BCUT2D eigenvalue weighted by molar-refractivity contribution is 5.87. The van der Waals surface area contributed by atoms with Gasteiger partial charge in [-0.3, -0.25) is 4.79 Å². The Morgan fingerprint density at radius 1 is 1.18 bits per heavy atom. The molecule has 0 saturated heterocycles. The molecule has 1 amide bonds. The molecule has 0 aromatic heterocycles. The molecule has 6 heteroatoms. The van der Waals surface area contributed by atoms with Crippen molar-refractivity contribution in [3.63, 3.8) is 0 Å². The number of carbonyl (C=O) groups is 2. The summed E-state index contributed by atoms with van der Waals surface area (Å²) >= 11 is 0. The monoisotopic (exact) mass is 309 g/mol. The van der Waals surface area contributed by atoms with Crippen LogP contribution in [0.15, 0.2) is 18.2 Å². The third-order valence-corrected chi connectivity index (χ3v) is 3.18. The molecule has 0 radical (unpaired) electrons. The summed E-state index contributed by atoms with van der Waals surface area (Å²) in [5.74, 6) is 0.397. The van der Waals surface area contributed by atoms with Gasteiger partial charge in [0.05, 0.1) is 20.8 Å². The molecule has 1 rings (SSSR count). The number of amides is 1. The number of hydrogen-bond donors (Lipinski definition) is 1. The van der Waals surface area contributed by atoms with E-state index in [0.717, 1.165) is 5.56 Å². The molecule has 1 atom stereocenters. The highest BCUT2D eigenvalue weighted by atomic mass is 16.5. The van der Waals surface area contributed by atoms with Crippen LogP contribution in [0.25, 0.3) is 0 Å². The molecule has 6 nitrogen and oxygen atoms in total. The molecule has 0 aliphatic heterocycles. The van der Waals surface area contributed by atoms with Crippen LogP contribution < -0.4 is 14.8 Å². The van der Waals surface area contributed by atoms with Crippen molar-refractivity contribution >= 4 is 11.9 Å². The van der Waals surface area contributed by atoms with Crippen molar-refractivity contribution in [2.45, 2.75) is 32.7 Å². The minimum Gasteiger partial charge on any atom is -0.493 e. The van der Waals surface area contributed by atoms with Crippen LogP contribution in [-0.4, -0.2) is 38.2 Å². The Balaban J connectivity index is 3.08. The maximum atomic E-state index is 12.2. The molecule has 0 saturated carbocycles. The van der Waals surface area contributed by atoms with Crippen molar-refractivity contribution in [3.8, 4) is 11.5 Å². The summed E-state index contributed by atoms with van der Waals surface area (Å²) in [5.41, 5.74) is -0.316. The molecule has 0 aliphatic carbocycles. The molecule has 0 bridgehead atoms. The summed E-state index contributed by atoms with van der Waals surface area (Å²) < 4.78 is 15.5. The minimum atomic E-state index is -1.14. The lowest BCUT2D eigenvalue weighted by atomic mass is 9.92. The van der Waals surface area contributed by atoms with Crippen molar-refractivity contribution in [3.05, 3.63) is 23.8 Å². The first-order chi connectivity index (χ1) is 10.4. The van der Waals surface area contributed by atoms with Gasteiger partial charge in [0.1, 0.15) is 5.54 Å². The van der Waals surface area contributed by atoms with E-state index in [-0.39, 0.29) is 18.9 Å². The van der Waals surface area contributed by atoms with Gasteiger partial charge in [0.2, 0.25) is 5.91 Å². The van der Waals surface area contributed by atoms with E-state index in [1.54, 1.807) is 40.2 Å². The van der Waals surface area contributed by atoms with Crippen molar-refractivity contribution in [2.75, 3.05) is 20.8 Å². The van der Waals surface area contributed by atoms with Gasteiger partial charge >= 0.3 is 5.97 Å². The first-order valence-electron chi connectivity index (χ1n) is 7.03. The molecule has 122 valence electrons. The van der Waals surface area contributed by atoms with E-state index in [1.807, 2.05) is 6.07 Å². The third-order valence-electron chi connectivity index (χ3n) is 3.18. The van der Waals surface area contributed by atoms with Crippen LogP contribution in [0.3, 0.4) is 0 Å². The van der Waals surface area contributed by atoms with E-state index in [2.05, 4.69) is 5.32 Å². The van der Waals surface area contributed by atoms with E-state index < -0.39 is 11.5 Å². The zero-order chi connectivity index (χ0) is 16.8. The Bertz CT molecular complexity index is 543. The smallest absolute Gasteiger partial charge is 0.331 e. The Morgan fingerprint density at radius 3 is 2.32 bits per heavy atom. The Kier molecular flexibility index (Phi) is 6.22. The summed E-state index contributed by atoms with van der Waals surface area (Å²) in [6.45, 7) is 4.98. The Hall–Kier alpha value is -2.24. The van der Waals surface area contributed by atoms with Gasteiger partial charge in [0.25, 0.3) is 0 Å². The Labute approximate surface area is 130 Å². The first-order valence-corrected chi connectivity index (χ1v) is 7.03. The topological polar surface area (TPSA) is 73.9 Å². The number of ether oxygens (including phenoxy) is 3. The Morgan fingerprint density at radius 2 is 1.82 bits per heavy atom. The molecular formula is C16H23NO5. The predicted molar refractivity (Wildman–Crippen MR) is 82.1 cm³/mol. The van der Waals surface area contributed by atoms with Gasteiger partial charge in [-0.05, 0) is 31.5 Å². The zero-order valence-electron chi connectivity index (χ0n) is 13.7. The highest BCUT2D eigenvalue weighted by Gasteiger charge is 2.36. The molecule has 0 fully saturated rings. The maximum Gasteiger partial charge on any atom is 0.331 e. The van der Waals surface area contributed by atoms with Gasteiger partial charge in [-0.2, -0.15) is 0 Å². The molecular weight excluding hydrogens is 286 g/mol. The second kappa shape index (κ2) is 7.68. The molecule has 0 heterocycles. The van der Waals surface area contributed by atoms with Gasteiger partial charge in [-0.1, -0.05) is 6.07 Å². The van der Waals surface area contributed by atoms with E-state index in [4.69, 9.17) is 14.2 Å². The van der Waals surface area contributed by atoms with Crippen LogP contribution in [0.1, 0.15) is 26.3 Å². The number of hydrogen-bond acceptors (Lipinski definition) is 5. The van der Waals surface area contributed by atoms with E-state index in [0.29, 0.717) is 11.5 Å². The van der Waals surface area contributed by atoms with Gasteiger partial charge in [-0.25, -0.2) is 4.79 Å². The molecule has 0 aliphatic rings. The second-order valence-electron chi connectivity index (χ2n) is 5.10. The standard InChI is InChI=1S/C16H23NO5/c1-6-22-15(19)16(3,17-11(2)18)10-12-7-8-13(20-4)14(9-12)21-5/h7-9H,6,10H2,1-5H3,(H,17,18)/t16-/m1/s1. The molecule has 0 spiro atoms. The van der Waals surface area contributed by atoms with Crippen LogP contribution in [0.2, 0.25) is 0 Å². The molecule has 1 aromatic carbocycles. The lowest BCUT2D eigenvalue weighted by molar-refractivity contribution is -0.152. The molecule has 0 unspecified atom stereocenters. The van der Waals surface area contributed by atoms with E-state index in [1.165, 1.54) is 6.92 Å². The van der Waals surface area contributed by atoms with Gasteiger partial charge in [0.15, 0.2) is 11.5 Å². The number of nitrogens with one attached hydrogen (secondary N) is 1. The zero-order valence-corrected chi connectivity index (χ0v) is 13.7. The van der Waals surface area contributed by atoms with Crippen LogP contribution >= 0.6 is 0 Å². The predicted octanol–water partition coefficient (Wildman–Crippen LogP) is 1.70. The summed E-state index contributed by atoms with van der Waals surface area (Å²) in [7, 11) is 3.09. The van der Waals surface area contributed by atoms with Gasteiger partial charge < -0.3 is 19.5 Å². The minimum absolute atomic E-state index is 0.250. The van der Waals surface area contributed by atoms with E-state index in [9.17, 15) is 9.59 Å². The number of carbonyl (C=O) groups excluding carboxylic acids is 2. The van der Waals surface area contributed by atoms with Crippen molar-refractivity contribution in [1.82, 2.24) is 5.32 Å². The quantitative estimate of drug-likeness (QED) is 0.776. The van der Waals surface area contributed by atoms with Gasteiger partial charge in [-0.15, -0.1) is 0 Å². The summed E-state index contributed by atoms with van der Waals surface area (Å²) in [4.78, 5) is 23.6. The number of esters is 1. The van der Waals surface area contributed by atoms with Crippen LogP contribution in [0, 0.1) is 0 Å². The number of rotatable bonds is 7. The fourth-order valence-corrected chi connectivity index (χ4v) is 2.25. The van der Waals surface area contributed by atoms with Gasteiger partial charge in [0, 0.05) is 13.3 Å². The fourth-order valence-electron chi connectivity index (χ4n) is 2.25. The molecule has 22 heavy (non-hydrogen) atoms. The summed E-state index contributed by atoms with van der Waals surface area (Å²) in [6, 6.07) is 5.35. The summed E-state index contributed by atoms with van der Waals surface area (Å²) in [6.07, 6.45) is 0.283. The number of methoxy groups -OCH3 is 2. The lowest BCUT2D eigenvalue weighted by Gasteiger charge is -2.28. The largest absolute Gasteiger partial charge is 0.493 e. The van der Waals surface area contributed by atoms with Crippen molar-refractivity contribution in [1.29, 1.82) is 0 Å². The van der Waals surface area contributed by atoms with Crippen LogP contribution in [0.5, 0.6) is 11.5 Å². The third kappa shape index (κ3) is 4.38. The maximum absolute atomic E-state index is 12.2. The second-order valence-corrected chi connectivity index (χ2v) is 5.10. The first kappa shape index (κ1) is 17.8. The van der Waals surface area contributed by atoms with Crippen molar-refractivity contribution < 1.29 is 23.8 Å².